The van der Waals surface area contributed by atoms with Crippen molar-refractivity contribution >= 4 is 0 Å². The summed E-state index contributed by atoms with van der Waals surface area (Å²) >= 11 is 0. The summed E-state index contributed by atoms with van der Waals surface area (Å²) in [7, 11) is 4.16. The maximum atomic E-state index is 4.43. The van der Waals surface area contributed by atoms with Gasteiger partial charge in [0.05, 0.1) is 6.54 Å². The molecule has 4 nitrogen and oxygen atoms in total. The average molecular weight is 258 g/mol. The van der Waals surface area contributed by atoms with E-state index in [9.17, 15) is 0 Å². The second-order valence-electron chi connectivity index (χ2n) is 5.25. The van der Waals surface area contributed by atoms with Crippen LogP contribution in [0.1, 0.15) is 24.0 Å². The summed E-state index contributed by atoms with van der Waals surface area (Å²) in [5.41, 5.74) is 2.42. The summed E-state index contributed by atoms with van der Waals surface area (Å²) in [6, 6.07) is 4.63. The zero-order valence-electron chi connectivity index (χ0n) is 12.2. The smallest absolute Gasteiger partial charge is 0.122 e. The largest absolute Gasteiger partial charge is 0.337 e. The molecule has 0 aromatic carbocycles. The molecule has 0 aliphatic carbocycles. The molecule has 0 radical (unpaired) electrons. The standard InChI is InChI=1S/C15H22N4/c1-12-5-6-16-14(9-12)10-13(2)19(4)11-15-17-7-8-18(15)3/h5-9,13H,10-11H2,1-4H3. The van der Waals surface area contributed by atoms with Crippen LogP contribution >= 0.6 is 0 Å². The molecule has 2 aromatic heterocycles. The van der Waals surface area contributed by atoms with Crippen molar-refractivity contribution in [2.45, 2.75) is 32.9 Å². The molecule has 0 bridgehead atoms. The van der Waals surface area contributed by atoms with Crippen molar-refractivity contribution in [3.8, 4) is 0 Å². The maximum Gasteiger partial charge on any atom is 0.122 e. The highest BCUT2D eigenvalue weighted by Crippen LogP contribution is 2.09. The number of likely N-dealkylation sites (N-methyl/N-ethyl adjacent to an activating group) is 1. The molecule has 1 unspecified atom stereocenters. The molecule has 0 aliphatic heterocycles. The van der Waals surface area contributed by atoms with Crippen molar-refractivity contribution in [3.63, 3.8) is 0 Å². The molecular formula is C15H22N4. The highest BCUT2D eigenvalue weighted by molar-refractivity contribution is 5.15. The molecule has 0 N–H and O–H groups in total. The van der Waals surface area contributed by atoms with Gasteiger partial charge in [-0.3, -0.25) is 9.88 Å². The van der Waals surface area contributed by atoms with Crippen molar-refractivity contribution in [2.75, 3.05) is 7.05 Å². The Labute approximate surface area is 115 Å². The third-order valence-electron chi connectivity index (χ3n) is 3.54. The Morgan fingerprint density at radius 3 is 2.74 bits per heavy atom. The van der Waals surface area contributed by atoms with Gasteiger partial charge < -0.3 is 4.57 Å². The van der Waals surface area contributed by atoms with Crippen LogP contribution in [-0.2, 0) is 20.0 Å². The van der Waals surface area contributed by atoms with Crippen molar-refractivity contribution in [2.24, 2.45) is 7.05 Å². The van der Waals surface area contributed by atoms with E-state index in [-0.39, 0.29) is 0 Å². The van der Waals surface area contributed by atoms with Gasteiger partial charge in [-0.1, -0.05) is 0 Å². The summed E-state index contributed by atoms with van der Waals surface area (Å²) in [6.45, 7) is 5.19. The molecule has 2 rings (SSSR count). The van der Waals surface area contributed by atoms with E-state index in [2.05, 4.69) is 46.4 Å². The summed E-state index contributed by atoms with van der Waals surface area (Å²) in [4.78, 5) is 11.1. The lowest BCUT2D eigenvalue weighted by molar-refractivity contribution is 0.239. The molecule has 1 atom stereocenters. The van der Waals surface area contributed by atoms with Gasteiger partial charge in [-0.25, -0.2) is 4.98 Å². The number of aryl methyl sites for hydroxylation is 2. The van der Waals surface area contributed by atoms with E-state index in [0.717, 1.165) is 24.5 Å². The third kappa shape index (κ3) is 3.64. The van der Waals surface area contributed by atoms with Crippen LogP contribution in [0.3, 0.4) is 0 Å². The highest BCUT2D eigenvalue weighted by Gasteiger charge is 2.13. The lowest BCUT2D eigenvalue weighted by Gasteiger charge is -2.24. The fraction of sp³-hybridized carbons (Fsp3) is 0.467. The van der Waals surface area contributed by atoms with Crippen molar-refractivity contribution in [1.82, 2.24) is 19.4 Å². The quantitative estimate of drug-likeness (QED) is 0.824. The summed E-state index contributed by atoms with van der Waals surface area (Å²) in [5.74, 6) is 1.09. The van der Waals surface area contributed by atoms with Gasteiger partial charge in [0.25, 0.3) is 0 Å². The zero-order valence-corrected chi connectivity index (χ0v) is 12.2. The molecular weight excluding hydrogens is 236 g/mol. The molecule has 2 heterocycles. The van der Waals surface area contributed by atoms with Crippen molar-refractivity contribution < 1.29 is 0 Å². The Hall–Kier alpha value is -1.68. The topological polar surface area (TPSA) is 34.0 Å². The number of nitrogens with zero attached hydrogens (tertiary/aromatic N) is 4. The van der Waals surface area contributed by atoms with E-state index < -0.39 is 0 Å². The van der Waals surface area contributed by atoms with Crippen LogP contribution in [0.2, 0.25) is 0 Å². The fourth-order valence-electron chi connectivity index (χ4n) is 2.10. The Morgan fingerprint density at radius 1 is 1.32 bits per heavy atom. The van der Waals surface area contributed by atoms with E-state index >= 15 is 0 Å². The Balaban J connectivity index is 1.96. The van der Waals surface area contributed by atoms with Gasteiger partial charge in [-0.05, 0) is 38.6 Å². The van der Waals surface area contributed by atoms with Crippen LogP contribution in [0.4, 0.5) is 0 Å². The monoisotopic (exact) mass is 258 g/mol. The lowest BCUT2D eigenvalue weighted by Crippen LogP contribution is -2.31. The maximum absolute atomic E-state index is 4.43. The Bertz CT molecular complexity index is 532. The van der Waals surface area contributed by atoms with E-state index in [4.69, 9.17) is 0 Å². The minimum absolute atomic E-state index is 0.436. The van der Waals surface area contributed by atoms with E-state index in [1.807, 2.05) is 31.7 Å². The van der Waals surface area contributed by atoms with Gasteiger partial charge in [0, 0.05) is 43.8 Å². The molecule has 102 valence electrons. The molecule has 0 fully saturated rings. The lowest BCUT2D eigenvalue weighted by atomic mass is 10.1. The normalized spacial score (nSPS) is 12.9. The minimum atomic E-state index is 0.436. The van der Waals surface area contributed by atoms with E-state index in [1.165, 1.54) is 5.56 Å². The van der Waals surface area contributed by atoms with Crippen molar-refractivity contribution in [3.05, 3.63) is 47.8 Å². The SMILES string of the molecule is Cc1ccnc(CC(C)N(C)Cc2nccn2C)c1. The summed E-state index contributed by atoms with van der Waals surface area (Å²) in [6.07, 6.45) is 6.67. The number of pyridine rings is 1. The summed E-state index contributed by atoms with van der Waals surface area (Å²) < 4.78 is 2.06. The van der Waals surface area contributed by atoms with Crippen molar-refractivity contribution in [1.29, 1.82) is 0 Å². The predicted octanol–water partition coefficient (Wildman–Crippen LogP) is 2.19. The number of hydrogen-bond acceptors (Lipinski definition) is 3. The van der Waals surface area contributed by atoms with Gasteiger partial charge in [-0.15, -0.1) is 0 Å². The second kappa shape index (κ2) is 5.97. The molecule has 0 amide bonds. The van der Waals surface area contributed by atoms with Crippen LogP contribution in [-0.4, -0.2) is 32.5 Å². The highest BCUT2D eigenvalue weighted by atomic mass is 15.2. The van der Waals surface area contributed by atoms with Crippen LogP contribution in [0.25, 0.3) is 0 Å². The Morgan fingerprint density at radius 2 is 2.11 bits per heavy atom. The fourth-order valence-corrected chi connectivity index (χ4v) is 2.10. The molecule has 0 spiro atoms. The Kier molecular flexibility index (Phi) is 4.32. The average Bonchev–Trinajstić information content (AvgIpc) is 2.75. The van der Waals surface area contributed by atoms with E-state index in [0.29, 0.717) is 6.04 Å². The first kappa shape index (κ1) is 13.7. The first-order valence-electron chi connectivity index (χ1n) is 6.64. The molecule has 19 heavy (non-hydrogen) atoms. The molecule has 0 saturated carbocycles. The molecule has 4 heteroatoms. The van der Waals surface area contributed by atoms with Crippen LogP contribution in [0.5, 0.6) is 0 Å². The number of hydrogen-bond donors (Lipinski definition) is 0. The predicted molar refractivity (Wildman–Crippen MR) is 76.8 cm³/mol. The van der Waals surface area contributed by atoms with Crippen LogP contribution in [0, 0.1) is 6.92 Å². The van der Waals surface area contributed by atoms with Crippen LogP contribution < -0.4 is 0 Å². The third-order valence-corrected chi connectivity index (χ3v) is 3.54. The molecule has 2 aromatic rings. The first-order valence-corrected chi connectivity index (χ1v) is 6.64. The number of imidazole rings is 1. The first-order chi connectivity index (χ1) is 9.06. The summed E-state index contributed by atoms with van der Waals surface area (Å²) in [5, 5.41) is 0. The second-order valence-corrected chi connectivity index (χ2v) is 5.25. The van der Waals surface area contributed by atoms with Gasteiger partial charge in [0.2, 0.25) is 0 Å². The zero-order chi connectivity index (χ0) is 13.8. The van der Waals surface area contributed by atoms with E-state index in [1.54, 1.807) is 0 Å². The molecule has 0 aliphatic rings. The van der Waals surface area contributed by atoms with Gasteiger partial charge in [-0.2, -0.15) is 0 Å². The minimum Gasteiger partial charge on any atom is -0.337 e. The van der Waals surface area contributed by atoms with Crippen LogP contribution in [0.15, 0.2) is 30.7 Å². The van der Waals surface area contributed by atoms with Gasteiger partial charge in [0.15, 0.2) is 0 Å². The van der Waals surface area contributed by atoms with Gasteiger partial charge >= 0.3 is 0 Å². The molecule has 0 saturated heterocycles. The number of rotatable bonds is 5. The number of aromatic nitrogens is 3. The van der Waals surface area contributed by atoms with Gasteiger partial charge in [0.1, 0.15) is 5.82 Å².